The van der Waals surface area contributed by atoms with Crippen LogP contribution in [0, 0.1) is 23.7 Å². The Bertz CT molecular complexity index is 617. The van der Waals surface area contributed by atoms with Crippen molar-refractivity contribution in [2.45, 2.75) is 0 Å². The summed E-state index contributed by atoms with van der Waals surface area (Å²) in [5.41, 5.74) is 6.85. The van der Waals surface area contributed by atoms with Gasteiger partial charge in [0, 0.05) is 5.39 Å². The Balaban J connectivity index is 2.98. The maximum Gasteiger partial charge on any atom is 0.221 e. The van der Waals surface area contributed by atoms with E-state index in [1.54, 1.807) is 18.2 Å². The standard InChI is InChI=1S/C11H6N4/c1-2-9-8-5-3-4-7(6-12)10(8)15-11(13)14-9/h1,3-5H,(H2,13,14,15). The van der Waals surface area contributed by atoms with E-state index in [1.165, 1.54) is 0 Å². The summed E-state index contributed by atoms with van der Waals surface area (Å²) < 4.78 is 0. The second kappa shape index (κ2) is 3.28. The van der Waals surface area contributed by atoms with Crippen LogP contribution in [0.15, 0.2) is 18.2 Å². The summed E-state index contributed by atoms with van der Waals surface area (Å²) in [7, 11) is 0. The molecule has 0 saturated heterocycles. The van der Waals surface area contributed by atoms with Crippen LogP contribution in [-0.4, -0.2) is 9.97 Å². The van der Waals surface area contributed by atoms with E-state index in [-0.39, 0.29) is 5.95 Å². The van der Waals surface area contributed by atoms with Gasteiger partial charge in [-0.25, -0.2) is 9.97 Å². The summed E-state index contributed by atoms with van der Waals surface area (Å²) in [6, 6.07) is 7.20. The third-order valence-corrected chi connectivity index (χ3v) is 2.00. The van der Waals surface area contributed by atoms with Gasteiger partial charge in [0.2, 0.25) is 5.95 Å². The molecule has 1 aromatic heterocycles. The number of hydrogen-bond acceptors (Lipinski definition) is 4. The topological polar surface area (TPSA) is 75.6 Å². The molecular formula is C11H6N4. The molecule has 2 rings (SSSR count). The lowest BCUT2D eigenvalue weighted by molar-refractivity contribution is 1.21. The number of nitriles is 1. The molecule has 0 amide bonds. The lowest BCUT2D eigenvalue weighted by Crippen LogP contribution is -1.99. The number of aromatic nitrogens is 2. The fraction of sp³-hybridized carbons (Fsp3) is 0. The molecule has 0 aliphatic heterocycles. The number of benzene rings is 1. The van der Waals surface area contributed by atoms with E-state index in [4.69, 9.17) is 17.4 Å². The lowest BCUT2D eigenvalue weighted by Gasteiger charge is -2.02. The Kier molecular flexibility index (Phi) is 1.97. The average Bonchev–Trinajstić information content (AvgIpc) is 2.27. The van der Waals surface area contributed by atoms with E-state index in [1.807, 2.05) is 6.07 Å². The van der Waals surface area contributed by atoms with Gasteiger partial charge >= 0.3 is 0 Å². The smallest absolute Gasteiger partial charge is 0.221 e. The van der Waals surface area contributed by atoms with Crippen molar-refractivity contribution in [1.82, 2.24) is 9.97 Å². The molecule has 0 unspecified atom stereocenters. The number of fused-ring (bicyclic) bond motifs is 1. The third-order valence-electron chi connectivity index (χ3n) is 2.00. The van der Waals surface area contributed by atoms with E-state index in [0.29, 0.717) is 22.2 Å². The highest BCUT2D eigenvalue weighted by molar-refractivity contribution is 5.88. The van der Waals surface area contributed by atoms with Crippen molar-refractivity contribution < 1.29 is 0 Å². The van der Waals surface area contributed by atoms with Gasteiger partial charge in [-0.2, -0.15) is 5.26 Å². The van der Waals surface area contributed by atoms with Crippen LogP contribution in [0.25, 0.3) is 10.9 Å². The van der Waals surface area contributed by atoms with Crippen molar-refractivity contribution in [2.75, 3.05) is 5.73 Å². The molecule has 0 atom stereocenters. The minimum absolute atomic E-state index is 0.0816. The first-order valence-electron chi connectivity index (χ1n) is 4.19. The van der Waals surface area contributed by atoms with Crippen LogP contribution in [0.5, 0.6) is 0 Å². The first-order valence-corrected chi connectivity index (χ1v) is 4.19. The van der Waals surface area contributed by atoms with Crippen molar-refractivity contribution in [3.63, 3.8) is 0 Å². The van der Waals surface area contributed by atoms with Crippen molar-refractivity contribution in [3.05, 3.63) is 29.5 Å². The Hall–Kier alpha value is -2.59. The quantitative estimate of drug-likeness (QED) is 0.636. The maximum absolute atomic E-state index is 8.89. The summed E-state index contributed by atoms with van der Waals surface area (Å²) in [6.07, 6.45) is 5.30. The summed E-state index contributed by atoms with van der Waals surface area (Å²) in [6.45, 7) is 0. The SMILES string of the molecule is C#Cc1nc(N)nc2c(C#N)cccc12. The number of hydrogen-bond donors (Lipinski definition) is 1. The highest BCUT2D eigenvalue weighted by Gasteiger charge is 2.07. The molecule has 0 bridgehead atoms. The van der Waals surface area contributed by atoms with Crippen LogP contribution in [0.1, 0.15) is 11.3 Å². The zero-order valence-electron chi connectivity index (χ0n) is 7.73. The van der Waals surface area contributed by atoms with Gasteiger partial charge < -0.3 is 5.73 Å². The summed E-state index contributed by atoms with van der Waals surface area (Å²) >= 11 is 0. The number of para-hydroxylation sites is 1. The summed E-state index contributed by atoms with van der Waals surface area (Å²) in [5, 5.41) is 9.56. The molecule has 0 radical (unpaired) electrons. The molecule has 70 valence electrons. The van der Waals surface area contributed by atoms with Gasteiger partial charge in [0.05, 0.1) is 11.1 Å². The Morgan fingerprint density at radius 3 is 2.80 bits per heavy atom. The molecule has 4 heteroatoms. The summed E-state index contributed by atoms with van der Waals surface area (Å²) in [5.74, 6) is 2.50. The van der Waals surface area contributed by atoms with Gasteiger partial charge in [-0.05, 0) is 18.1 Å². The molecule has 0 aliphatic rings. The summed E-state index contributed by atoms with van der Waals surface area (Å²) in [4.78, 5) is 7.92. The van der Waals surface area contributed by atoms with Crippen LogP contribution < -0.4 is 5.73 Å². The van der Waals surface area contributed by atoms with Crippen LogP contribution in [-0.2, 0) is 0 Å². The number of terminal acetylenes is 1. The molecular weight excluding hydrogens is 188 g/mol. The molecule has 0 aliphatic carbocycles. The van der Waals surface area contributed by atoms with Gasteiger partial charge in [0.15, 0.2) is 0 Å². The van der Waals surface area contributed by atoms with Crippen LogP contribution in [0.4, 0.5) is 5.95 Å². The average molecular weight is 194 g/mol. The largest absolute Gasteiger partial charge is 0.368 e. The van der Waals surface area contributed by atoms with Gasteiger partial charge in [-0.3, -0.25) is 0 Å². The van der Waals surface area contributed by atoms with Gasteiger partial charge in [0.1, 0.15) is 11.8 Å². The number of nitrogens with zero attached hydrogens (tertiary/aromatic N) is 3. The number of nitrogens with two attached hydrogens (primary N) is 1. The molecule has 0 saturated carbocycles. The number of rotatable bonds is 0. The number of nitrogen functional groups attached to an aromatic ring is 1. The minimum Gasteiger partial charge on any atom is -0.368 e. The zero-order chi connectivity index (χ0) is 10.8. The molecule has 2 aromatic rings. The molecule has 15 heavy (non-hydrogen) atoms. The third kappa shape index (κ3) is 1.34. The van der Waals surface area contributed by atoms with E-state index in [0.717, 1.165) is 0 Å². The first-order chi connectivity index (χ1) is 7.26. The monoisotopic (exact) mass is 194 g/mol. The van der Waals surface area contributed by atoms with E-state index in [2.05, 4.69) is 15.9 Å². The lowest BCUT2D eigenvalue weighted by atomic mass is 10.1. The van der Waals surface area contributed by atoms with Crippen LogP contribution >= 0.6 is 0 Å². The molecule has 1 heterocycles. The number of anilines is 1. The predicted molar refractivity (Wildman–Crippen MR) is 56.6 cm³/mol. The fourth-order valence-electron chi connectivity index (χ4n) is 1.37. The molecule has 0 spiro atoms. The predicted octanol–water partition coefficient (Wildman–Crippen LogP) is 1.06. The Labute approximate surface area is 86.4 Å². The molecule has 4 nitrogen and oxygen atoms in total. The minimum atomic E-state index is 0.0816. The molecule has 2 N–H and O–H groups in total. The van der Waals surface area contributed by atoms with Crippen molar-refractivity contribution in [1.29, 1.82) is 5.26 Å². The highest BCUT2D eigenvalue weighted by Crippen LogP contribution is 2.19. The normalized spacial score (nSPS) is 9.47. The van der Waals surface area contributed by atoms with Gasteiger partial charge in [0.25, 0.3) is 0 Å². The van der Waals surface area contributed by atoms with E-state index in [9.17, 15) is 0 Å². The Morgan fingerprint density at radius 2 is 2.13 bits per heavy atom. The second-order valence-corrected chi connectivity index (χ2v) is 2.89. The van der Waals surface area contributed by atoms with Crippen molar-refractivity contribution >= 4 is 16.9 Å². The second-order valence-electron chi connectivity index (χ2n) is 2.89. The molecule has 1 aromatic carbocycles. The molecule has 0 fully saturated rings. The fourth-order valence-corrected chi connectivity index (χ4v) is 1.37. The van der Waals surface area contributed by atoms with Gasteiger partial charge in [-0.15, -0.1) is 6.42 Å². The van der Waals surface area contributed by atoms with E-state index >= 15 is 0 Å². The van der Waals surface area contributed by atoms with Crippen molar-refractivity contribution in [3.8, 4) is 18.4 Å². The van der Waals surface area contributed by atoms with Crippen LogP contribution in [0.2, 0.25) is 0 Å². The maximum atomic E-state index is 8.89. The van der Waals surface area contributed by atoms with Gasteiger partial charge in [-0.1, -0.05) is 6.07 Å². The van der Waals surface area contributed by atoms with E-state index < -0.39 is 0 Å². The highest BCUT2D eigenvalue weighted by atomic mass is 15.0. The zero-order valence-corrected chi connectivity index (χ0v) is 7.73. The first kappa shape index (κ1) is 8.98. The van der Waals surface area contributed by atoms with Crippen molar-refractivity contribution in [2.24, 2.45) is 0 Å². The van der Waals surface area contributed by atoms with Crippen LogP contribution in [0.3, 0.4) is 0 Å². The Morgan fingerprint density at radius 1 is 1.33 bits per heavy atom.